The maximum atomic E-state index is 12.4. The first-order valence-corrected chi connectivity index (χ1v) is 7.08. The quantitative estimate of drug-likeness (QED) is 0.661. The maximum absolute atomic E-state index is 12.4. The van der Waals surface area contributed by atoms with Gasteiger partial charge in [-0.15, -0.1) is 0 Å². The molecule has 1 aromatic carbocycles. The molecule has 0 unspecified atom stereocenters. The third-order valence-electron chi connectivity index (χ3n) is 2.86. The van der Waals surface area contributed by atoms with Crippen LogP contribution in [0.1, 0.15) is 6.42 Å². The molecule has 1 heterocycles. The molecule has 0 saturated carbocycles. The van der Waals surface area contributed by atoms with Crippen LogP contribution in [0.4, 0.5) is 5.69 Å². The van der Waals surface area contributed by atoms with Gasteiger partial charge in [-0.1, -0.05) is 12.2 Å². The molecule has 1 aliphatic rings. The molecule has 6 heteroatoms. The fraction of sp³-hybridized carbons (Fsp3) is 0.333. The van der Waals surface area contributed by atoms with Crippen LogP contribution in [0.5, 0.6) is 5.75 Å². The van der Waals surface area contributed by atoms with Crippen molar-refractivity contribution in [3.63, 3.8) is 0 Å². The highest BCUT2D eigenvalue weighted by Gasteiger charge is 2.25. The summed E-state index contributed by atoms with van der Waals surface area (Å²) in [5, 5.41) is 0. The van der Waals surface area contributed by atoms with E-state index in [0.29, 0.717) is 24.5 Å². The molecular weight excluding hydrogens is 252 g/mol. The van der Waals surface area contributed by atoms with E-state index in [1.165, 1.54) is 23.5 Å². The van der Waals surface area contributed by atoms with Crippen LogP contribution in [0.15, 0.2) is 35.2 Å². The van der Waals surface area contributed by atoms with E-state index in [-0.39, 0.29) is 4.90 Å². The molecule has 2 rings (SSSR count). The lowest BCUT2D eigenvalue weighted by molar-refractivity contribution is 0.413. The van der Waals surface area contributed by atoms with Crippen LogP contribution >= 0.6 is 0 Å². The Morgan fingerprint density at radius 1 is 1.33 bits per heavy atom. The number of nitrogens with two attached hydrogens (primary N) is 1. The molecule has 0 amide bonds. The molecule has 0 fully saturated rings. The Bertz CT molecular complexity index is 567. The van der Waals surface area contributed by atoms with Gasteiger partial charge in [0.1, 0.15) is 5.75 Å². The van der Waals surface area contributed by atoms with Crippen molar-refractivity contribution in [2.75, 3.05) is 25.9 Å². The molecule has 0 bridgehead atoms. The maximum Gasteiger partial charge on any atom is 0.243 e. The van der Waals surface area contributed by atoms with Crippen molar-refractivity contribution >= 4 is 15.7 Å². The van der Waals surface area contributed by atoms with Gasteiger partial charge >= 0.3 is 0 Å². The largest absolute Gasteiger partial charge is 0.495 e. The lowest BCUT2D eigenvalue weighted by atomic mass is 10.3. The zero-order chi connectivity index (χ0) is 13.2. The van der Waals surface area contributed by atoms with Gasteiger partial charge < -0.3 is 10.5 Å². The third kappa shape index (κ3) is 2.34. The average molecular weight is 268 g/mol. The first kappa shape index (κ1) is 12.9. The van der Waals surface area contributed by atoms with Crippen molar-refractivity contribution in [3.05, 3.63) is 30.4 Å². The van der Waals surface area contributed by atoms with E-state index in [1.807, 2.05) is 12.2 Å². The van der Waals surface area contributed by atoms with Crippen LogP contribution in [0, 0.1) is 0 Å². The molecule has 1 aromatic rings. The van der Waals surface area contributed by atoms with E-state index >= 15 is 0 Å². The summed E-state index contributed by atoms with van der Waals surface area (Å²) in [7, 11) is -2.00. The van der Waals surface area contributed by atoms with Crippen molar-refractivity contribution in [1.82, 2.24) is 4.31 Å². The molecular formula is C12H16N2O3S. The summed E-state index contributed by atoms with van der Waals surface area (Å²) >= 11 is 0. The highest BCUT2D eigenvalue weighted by molar-refractivity contribution is 7.89. The van der Waals surface area contributed by atoms with Crippen LogP contribution < -0.4 is 10.5 Å². The molecule has 0 radical (unpaired) electrons. The molecule has 0 aliphatic carbocycles. The molecule has 18 heavy (non-hydrogen) atoms. The van der Waals surface area contributed by atoms with Crippen LogP contribution in [-0.4, -0.2) is 32.9 Å². The number of anilines is 1. The highest BCUT2D eigenvalue weighted by atomic mass is 32.2. The summed E-state index contributed by atoms with van der Waals surface area (Å²) in [6.45, 7) is 0.917. The average Bonchev–Trinajstić information content (AvgIpc) is 2.40. The topological polar surface area (TPSA) is 72.6 Å². The van der Waals surface area contributed by atoms with Crippen LogP contribution in [0.25, 0.3) is 0 Å². The van der Waals surface area contributed by atoms with Crippen LogP contribution in [-0.2, 0) is 10.0 Å². The Morgan fingerprint density at radius 2 is 2.11 bits per heavy atom. The third-order valence-corrected chi connectivity index (χ3v) is 4.72. The molecule has 0 saturated heterocycles. The van der Waals surface area contributed by atoms with E-state index in [9.17, 15) is 8.42 Å². The number of nitrogens with zero attached hydrogens (tertiary/aromatic N) is 1. The molecule has 1 aliphatic heterocycles. The normalized spacial score (nSPS) is 16.7. The van der Waals surface area contributed by atoms with E-state index in [1.54, 1.807) is 6.07 Å². The highest BCUT2D eigenvalue weighted by Crippen LogP contribution is 2.27. The fourth-order valence-corrected chi connectivity index (χ4v) is 3.26. The summed E-state index contributed by atoms with van der Waals surface area (Å²) < 4.78 is 31.2. The van der Waals surface area contributed by atoms with Crippen LogP contribution in [0.2, 0.25) is 0 Å². The Hall–Kier alpha value is -1.53. The van der Waals surface area contributed by atoms with E-state index in [0.717, 1.165) is 6.42 Å². The monoisotopic (exact) mass is 268 g/mol. The standard InChI is InChI=1S/C12H16N2O3S/c1-17-12-9-10(5-6-11(12)13)18(15,16)14-7-3-2-4-8-14/h2-3,5-6,9H,4,7-8,13H2,1H3. The van der Waals surface area contributed by atoms with Crippen molar-refractivity contribution in [1.29, 1.82) is 0 Å². The number of sulfonamides is 1. The molecule has 98 valence electrons. The van der Waals surface area contributed by atoms with Gasteiger partial charge in [0.05, 0.1) is 17.7 Å². The predicted octanol–water partition coefficient (Wildman–Crippen LogP) is 1.23. The lowest BCUT2D eigenvalue weighted by Gasteiger charge is -2.23. The Morgan fingerprint density at radius 3 is 2.72 bits per heavy atom. The number of methoxy groups -OCH3 is 1. The minimum absolute atomic E-state index is 0.212. The number of ether oxygens (including phenoxy) is 1. The van der Waals surface area contributed by atoms with Crippen molar-refractivity contribution in [2.24, 2.45) is 0 Å². The van der Waals surface area contributed by atoms with Crippen LogP contribution in [0.3, 0.4) is 0 Å². The molecule has 0 atom stereocenters. The van der Waals surface area contributed by atoms with E-state index in [4.69, 9.17) is 10.5 Å². The van der Waals surface area contributed by atoms with Gasteiger partial charge in [-0.25, -0.2) is 8.42 Å². The molecule has 2 N–H and O–H groups in total. The predicted molar refractivity (Wildman–Crippen MR) is 69.9 cm³/mol. The Labute approximate surface area is 107 Å². The summed E-state index contributed by atoms with van der Waals surface area (Å²) in [6.07, 6.45) is 4.58. The first-order valence-electron chi connectivity index (χ1n) is 5.64. The van der Waals surface area contributed by atoms with Gasteiger partial charge in [0.25, 0.3) is 0 Å². The van der Waals surface area contributed by atoms with Gasteiger partial charge in [-0.05, 0) is 18.6 Å². The van der Waals surface area contributed by atoms with Gasteiger partial charge in [0.2, 0.25) is 10.0 Å². The second kappa shape index (κ2) is 4.99. The second-order valence-electron chi connectivity index (χ2n) is 4.03. The zero-order valence-corrected chi connectivity index (χ0v) is 11.0. The van der Waals surface area contributed by atoms with Gasteiger partial charge in [0.15, 0.2) is 0 Å². The molecule has 0 aromatic heterocycles. The number of rotatable bonds is 3. The zero-order valence-electron chi connectivity index (χ0n) is 10.2. The second-order valence-corrected chi connectivity index (χ2v) is 5.96. The first-order chi connectivity index (χ1) is 8.55. The lowest BCUT2D eigenvalue weighted by Crippen LogP contribution is -2.33. The number of hydrogen-bond donors (Lipinski definition) is 1. The number of nitrogen functional groups attached to an aromatic ring is 1. The summed E-state index contributed by atoms with van der Waals surface area (Å²) in [5.41, 5.74) is 6.10. The van der Waals surface area contributed by atoms with E-state index in [2.05, 4.69) is 0 Å². The Kier molecular flexibility index (Phi) is 3.58. The van der Waals surface area contributed by atoms with Gasteiger partial charge in [-0.2, -0.15) is 4.31 Å². The summed E-state index contributed by atoms with van der Waals surface area (Å²) in [5.74, 6) is 0.378. The van der Waals surface area contributed by atoms with Gasteiger partial charge in [0, 0.05) is 19.2 Å². The minimum Gasteiger partial charge on any atom is -0.495 e. The van der Waals surface area contributed by atoms with Crippen molar-refractivity contribution in [2.45, 2.75) is 11.3 Å². The molecule has 0 spiro atoms. The summed E-state index contributed by atoms with van der Waals surface area (Å²) in [4.78, 5) is 0.212. The Balaban J connectivity index is 2.38. The number of benzene rings is 1. The smallest absolute Gasteiger partial charge is 0.243 e. The number of hydrogen-bond acceptors (Lipinski definition) is 4. The van der Waals surface area contributed by atoms with Gasteiger partial charge in [-0.3, -0.25) is 0 Å². The summed E-state index contributed by atoms with van der Waals surface area (Å²) in [6, 6.07) is 4.51. The van der Waals surface area contributed by atoms with Crippen molar-refractivity contribution < 1.29 is 13.2 Å². The fourth-order valence-electron chi connectivity index (χ4n) is 1.84. The molecule has 5 nitrogen and oxygen atoms in total. The van der Waals surface area contributed by atoms with E-state index < -0.39 is 10.0 Å². The SMILES string of the molecule is COc1cc(S(=O)(=O)N2CC=CCC2)ccc1N. The minimum atomic E-state index is -3.46. The van der Waals surface area contributed by atoms with Crippen molar-refractivity contribution in [3.8, 4) is 5.75 Å².